The van der Waals surface area contributed by atoms with Crippen molar-refractivity contribution in [2.75, 3.05) is 26.3 Å². The van der Waals surface area contributed by atoms with Gasteiger partial charge in [-0.25, -0.2) is 9.97 Å². The summed E-state index contributed by atoms with van der Waals surface area (Å²) in [6.07, 6.45) is 3.52. The Morgan fingerprint density at radius 3 is 3.11 bits per heavy atom. The third-order valence-corrected chi connectivity index (χ3v) is 4.25. The van der Waals surface area contributed by atoms with Crippen LogP contribution in [-0.4, -0.2) is 47.1 Å². The third-order valence-electron chi connectivity index (χ3n) is 3.98. The molecule has 1 spiro atoms. The van der Waals surface area contributed by atoms with Gasteiger partial charge in [-0.05, 0) is 19.8 Å². The number of ether oxygens (including phenoxy) is 1. The summed E-state index contributed by atoms with van der Waals surface area (Å²) in [5.41, 5.74) is 0.467. The van der Waals surface area contributed by atoms with E-state index in [1.54, 1.807) is 6.92 Å². The molecule has 0 aliphatic carbocycles. The Morgan fingerprint density at radius 1 is 1.53 bits per heavy atom. The Balaban J connectivity index is 1.79. The highest BCUT2D eigenvalue weighted by molar-refractivity contribution is 6.33. The van der Waals surface area contributed by atoms with Crippen LogP contribution in [0.15, 0.2) is 6.20 Å². The molecule has 3 rings (SSSR count). The lowest BCUT2D eigenvalue weighted by atomic mass is 9.87. The van der Waals surface area contributed by atoms with Gasteiger partial charge in [0.1, 0.15) is 5.82 Å². The molecule has 19 heavy (non-hydrogen) atoms. The first-order valence-corrected chi connectivity index (χ1v) is 6.84. The Bertz CT molecular complexity index is 515. The lowest BCUT2D eigenvalue weighted by molar-refractivity contribution is 0.0759. The topological polar surface area (TPSA) is 55.3 Å². The summed E-state index contributed by atoms with van der Waals surface area (Å²) in [5.74, 6) is 0.463. The quantitative estimate of drug-likeness (QED) is 0.786. The van der Waals surface area contributed by atoms with E-state index in [1.165, 1.54) is 6.20 Å². The number of carbonyl (C=O) groups excluding carboxylic acids is 1. The van der Waals surface area contributed by atoms with Crippen LogP contribution < -0.4 is 0 Å². The molecule has 1 atom stereocenters. The maximum atomic E-state index is 12.5. The van der Waals surface area contributed by atoms with Gasteiger partial charge in [0.2, 0.25) is 0 Å². The molecule has 0 radical (unpaired) electrons. The standard InChI is InChI=1S/C13H16ClN3O2/c1-9-15-6-10(14)11(16-9)12(18)17-4-2-13(7-17)3-5-19-8-13/h6H,2-5,7-8H2,1H3. The smallest absolute Gasteiger partial charge is 0.274 e. The van der Waals surface area contributed by atoms with Crippen molar-refractivity contribution < 1.29 is 9.53 Å². The minimum Gasteiger partial charge on any atom is -0.381 e. The number of hydrogen-bond donors (Lipinski definition) is 0. The number of aryl methyl sites for hydroxylation is 1. The summed E-state index contributed by atoms with van der Waals surface area (Å²) < 4.78 is 5.47. The molecule has 2 fully saturated rings. The maximum Gasteiger partial charge on any atom is 0.274 e. The van der Waals surface area contributed by atoms with Crippen LogP contribution in [0, 0.1) is 12.3 Å². The molecule has 0 bridgehead atoms. The zero-order valence-corrected chi connectivity index (χ0v) is 11.6. The summed E-state index contributed by atoms with van der Waals surface area (Å²) >= 11 is 6.02. The van der Waals surface area contributed by atoms with Crippen LogP contribution in [0.2, 0.25) is 5.02 Å². The molecule has 1 unspecified atom stereocenters. The maximum absolute atomic E-state index is 12.5. The van der Waals surface area contributed by atoms with Crippen LogP contribution in [-0.2, 0) is 4.74 Å². The molecule has 1 aromatic rings. The second-order valence-corrected chi connectivity index (χ2v) is 5.80. The van der Waals surface area contributed by atoms with Crippen LogP contribution in [0.5, 0.6) is 0 Å². The van der Waals surface area contributed by atoms with Crippen molar-refractivity contribution in [2.45, 2.75) is 19.8 Å². The number of aromatic nitrogens is 2. The minimum absolute atomic E-state index is 0.0979. The van der Waals surface area contributed by atoms with E-state index >= 15 is 0 Å². The van der Waals surface area contributed by atoms with Gasteiger partial charge in [0.25, 0.3) is 5.91 Å². The highest BCUT2D eigenvalue weighted by Gasteiger charge is 2.43. The van der Waals surface area contributed by atoms with Gasteiger partial charge >= 0.3 is 0 Å². The summed E-state index contributed by atoms with van der Waals surface area (Å²) in [6.45, 7) is 4.80. The van der Waals surface area contributed by atoms with Crippen molar-refractivity contribution in [2.24, 2.45) is 5.41 Å². The van der Waals surface area contributed by atoms with Crippen LogP contribution in [0.4, 0.5) is 0 Å². The Hall–Kier alpha value is -1.20. The van der Waals surface area contributed by atoms with Gasteiger partial charge < -0.3 is 9.64 Å². The van der Waals surface area contributed by atoms with E-state index in [0.717, 1.165) is 39.1 Å². The van der Waals surface area contributed by atoms with E-state index in [-0.39, 0.29) is 11.3 Å². The van der Waals surface area contributed by atoms with Crippen molar-refractivity contribution >= 4 is 17.5 Å². The molecular formula is C13H16ClN3O2. The molecule has 6 heteroatoms. The fraction of sp³-hybridized carbons (Fsp3) is 0.615. The Labute approximate surface area is 116 Å². The SMILES string of the molecule is Cc1ncc(Cl)c(C(=O)N2CCC3(CCOC3)C2)n1. The molecule has 5 nitrogen and oxygen atoms in total. The largest absolute Gasteiger partial charge is 0.381 e. The van der Waals surface area contributed by atoms with Gasteiger partial charge in [0, 0.05) is 25.1 Å². The zero-order chi connectivity index (χ0) is 13.5. The molecule has 0 N–H and O–H groups in total. The normalized spacial score (nSPS) is 26.3. The van der Waals surface area contributed by atoms with Gasteiger partial charge in [-0.15, -0.1) is 0 Å². The molecule has 1 amide bonds. The van der Waals surface area contributed by atoms with Gasteiger partial charge in [-0.3, -0.25) is 4.79 Å². The van der Waals surface area contributed by atoms with Crippen LogP contribution in [0.1, 0.15) is 29.2 Å². The van der Waals surface area contributed by atoms with E-state index in [0.29, 0.717) is 16.5 Å². The molecule has 0 aromatic carbocycles. The van der Waals surface area contributed by atoms with Crippen molar-refractivity contribution in [3.63, 3.8) is 0 Å². The zero-order valence-electron chi connectivity index (χ0n) is 10.9. The number of hydrogen-bond acceptors (Lipinski definition) is 4. The van der Waals surface area contributed by atoms with Gasteiger partial charge in [0.15, 0.2) is 5.69 Å². The first-order valence-electron chi connectivity index (χ1n) is 6.46. The molecule has 102 valence electrons. The van der Waals surface area contributed by atoms with E-state index in [4.69, 9.17) is 16.3 Å². The fourth-order valence-corrected chi connectivity index (χ4v) is 3.01. The number of likely N-dealkylation sites (tertiary alicyclic amines) is 1. The van der Waals surface area contributed by atoms with Crippen molar-refractivity contribution in [3.05, 3.63) is 22.7 Å². The number of rotatable bonds is 1. The summed E-state index contributed by atoms with van der Waals surface area (Å²) in [7, 11) is 0. The molecule has 0 saturated carbocycles. The molecule has 2 saturated heterocycles. The number of amides is 1. The summed E-state index contributed by atoms with van der Waals surface area (Å²) in [4.78, 5) is 22.5. The average Bonchev–Trinajstić information content (AvgIpc) is 3.03. The van der Waals surface area contributed by atoms with E-state index < -0.39 is 0 Å². The van der Waals surface area contributed by atoms with E-state index in [1.807, 2.05) is 4.90 Å². The number of nitrogens with zero attached hydrogens (tertiary/aromatic N) is 3. The van der Waals surface area contributed by atoms with E-state index in [9.17, 15) is 4.79 Å². The van der Waals surface area contributed by atoms with Crippen molar-refractivity contribution in [1.82, 2.24) is 14.9 Å². The second-order valence-electron chi connectivity index (χ2n) is 5.39. The van der Waals surface area contributed by atoms with Crippen LogP contribution in [0.25, 0.3) is 0 Å². The number of carbonyl (C=O) groups is 1. The average molecular weight is 282 g/mol. The van der Waals surface area contributed by atoms with Crippen LogP contribution in [0.3, 0.4) is 0 Å². The first-order chi connectivity index (χ1) is 9.10. The molecular weight excluding hydrogens is 266 g/mol. The molecule has 1 aromatic heterocycles. The molecule has 3 heterocycles. The highest BCUT2D eigenvalue weighted by atomic mass is 35.5. The fourth-order valence-electron chi connectivity index (χ4n) is 2.83. The lowest BCUT2D eigenvalue weighted by Crippen LogP contribution is -2.33. The van der Waals surface area contributed by atoms with Crippen molar-refractivity contribution in [3.8, 4) is 0 Å². The summed E-state index contributed by atoms with van der Waals surface area (Å²) in [5, 5.41) is 0.319. The molecule has 2 aliphatic heterocycles. The number of halogens is 1. The highest BCUT2D eigenvalue weighted by Crippen LogP contribution is 2.38. The van der Waals surface area contributed by atoms with E-state index in [2.05, 4.69) is 9.97 Å². The van der Waals surface area contributed by atoms with Gasteiger partial charge in [-0.1, -0.05) is 11.6 Å². The second kappa shape index (κ2) is 4.72. The monoisotopic (exact) mass is 281 g/mol. The first kappa shape index (κ1) is 12.8. The minimum atomic E-state index is -0.0979. The predicted octanol–water partition coefficient (Wildman–Crippen LogP) is 1.69. The lowest BCUT2D eigenvalue weighted by Gasteiger charge is -2.22. The third kappa shape index (κ3) is 2.32. The molecule has 2 aliphatic rings. The van der Waals surface area contributed by atoms with Gasteiger partial charge in [0.05, 0.1) is 17.8 Å². The Morgan fingerprint density at radius 2 is 2.37 bits per heavy atom. The van der Waals surface area contributed by atoms with Crippen molar-refractivity contribution in [1.29, 1.82) is 0 Å². The Kier molecular flexibility index (Phi) is 3.19. The summed E-state index contributed by atoms with van der Waals surface area (Å²) in [6, 6.07) is 0. The predicted molar refractivity (Wildman–Crippen MR) is 70.2 cm³/mol. The van der Waals surface area contributed by atoms with Crippen LogP contribution >= 0.6 is 11.6 Å². The van der Waals surface area contributed by atoms with Gasteiger partial charge in [-0.2, -0.15) is 0 Å².